The highest BCUT2D eigenvalue weighted by Gasteiger charge is 2.23. The van der Waals surface area contributed by atoms with E-state index in [0.717, 1.165) is 55.3 Å². The molecule has 1 saturated heterocycles. The molecule has 2 aromatic carbocycles. The first-order valence-corrected chi connectivity index (χ1v) is 11.3. The molecule has 0 unspecified atom stereocenters. The first-order valence-electron chi connectivity index (χ1n) is 11.3. The third-order valence-corrected chi connectivity index (χ3v) is 5.63. The maximum atomic E-state index is 13.3. The number of aliphatic imine (C=N–C) groups is 1. The van der Waals surface area contributed by atoms with Crippen LogP contribution in [-0.2, 0) is 17.9 Å². The molecule has 0 saturated carbocycles. The number of halogens is 1. The Morgan fingerprint density at radius 2 is 1.91 bits per heavy atom. The predicted molar refractivity (Wildman–Crippen MR) is 125 cm³/mol. The number of benzene rings is 2. The molecule has 1 fully saturated rings. The van der Waals surface area contributed by atoms with Crippen LogP contribution in [0.4, 0.5) is 4.39 Å². The molecule has 0 radical (unpaired) electrons. The fourth-order valence-electron chi connectivity index (χ4n) is 3.79. The monoisotopic (exact) mass is 440 g/mol. The van der Waals surface area contributed by atoms with Crippen molar-refractivity contribution in [2.45, 2.75) is 39.3 Å². The number of likely N-dealkylation sites (tertiary alicyclic amines) is 1. The van der Waals surface area contributed by atoms with Crippen molar-refractivity contribution in [3.63, 3.8) is 0 Å². The van der Waals surface area contributed by atoms with Gasteiger partial charge in [-0.3, -0.25) is 4.79 Å². The fraction of sp³-hybridized carbons (Fsp3) is 0.440. The highest BCUT2D eigenvalue weighted by molar-refractivity contribution is 5.80. The molecule has 1 aliphatic heterocycles. The Bertz CT molecular complexity index is 893. The minimum atomic E-state index is -0.258. The summed E-state index contributed by atoms with van der Waals surface area (Å²) in [6, 6.07) is 14.3. The number of carbonyl (C=O) groups excluding carboxylic acids is 1. The van der Waals surface area contributed by atoms with Gasteiger partial charge < -0.3 is 20.3 Å². The zero-order valence-corrected chi connectivity index (χ0v) is 18.9. The Morgan fingerprint density at radius 3 is 2.56 bits per heavy atom. The number of ether oxygens (including phenoxy) is 1. The lowest BCUT2D eigenvalue weighted by molar-refractivity contribution is -0.121. The second kappa shape index (κ2) is 12.1. The molecule has 172 valence electrons. The van der Waals surface area contributed by atoms with Gasteiger partial charge in [-0.25, -0.2) is 9.38 Å². The maximum absolute atomic E-state index is 13.3. The molecular weight excluding hydrogens is 407 g/mol. The highest BCUT2D eigenvalue weighted by Crippen LogP contribution is 2.21. The summed E-state index contributed by atoms with van der Waals surface area (Å²) in [5.41, 5.74) is 1.89. The van der Waals surface area contributed by atoms with Crippen LogP contribution in [-0.4, -0.2) is 43.4 Å². The summed E-state index contributed by atoms with van der Waals surface area (Å²) < 4.78 is 19.0. The minimum absolute atomic E-state index is 0.118. The molecular formula is C25H33FN4O2. The van der Waals surface area contributed by atoms with Crippen LogP contribution in [0, 0.1) is 11.7 Å². The van der Waals surface area contributed by atoms with E-state index < -0.39 is 0 Å². The molecule has 7 heteroatoms. The first kappa shape index (κ1) is 23.6. The Balaban J connectivity index is 1.52. The zero-order valence-electron chi connectivity index (χ0n) is 18.9. The number of hydrogen-bond donors (Lipinski definition) is 2. The molecule has 0 atom stereocenters. The largest absolute Gasteiger partial charge is 0.489 e. The van der Waals surface area contributed by atoms with Crippen molar-refractivity contribution < 1.29 is 13.9 Å². The van der Waals surface area contributed by atoms with Gasteiger partial charge in [0.1, 0.15) is 18.2 Å². The first-order chi connectivity index (χ1) is 15.6. The summed E-state index contributed by atoms with van der Waals surface area (Å²) in [5.74, 6) is 1.96. The smallest absolute Gasteiger partial charge is 0.220 e. The minimum Gasteiger partial charge on any atom is -0.489 e. The van der Waals surface area contributed by atoms with Crippen molar-refractivity contribution in [3.05, 3.63) is 65.5 Å². The highest BCUT2D eigenvalue weighted by atomic mass is 19.1. The van der Waals surface area contributed by atoms with E-state index in [1.54, 1.807) is 13.1 Å². The van der Waals surface area contributed by atoms with Gasteiger partial charge in [0.25, 0.3) is 0 Å². The third kappa shape index (κ3) is 7.25. The molecule has 1 aliphatic rings. The van der Waals surface area contributed by atoms with E-state index in [1.807, 2.05) is 30.3 Å². The van der Waals surface area contributed by atoms with E-state index in [4.69, 9.17) is 9.73 Å². The van der Waals surface area contributed by atoms with E-state index in [1.165, 1.54) is 12.1 Å². The van der Waals surface area contributed by atoms with Crippen LogP contribution >= 0.6 is 0 Å². The van der Waals surface area contributed by atoms with Gasteiger partial charge >= 0.3 is 0 Å². The Morgan fingerprint density at radius 1 is 1.16 bits per heavy atom. The van der Waals surface area contributed by atoms with E-state index >= 15 is 0 Å². The second-order valence-electron chi connectivity index (χ2n) is 8.04. The lowest BCUT2D eigenvalue weighted by Crippen LogP contribution is -2.46. The third-order valence-electron chi connectivity index (χ3n) is 5.63. The van der Waals surface area contributed by atoms with Gasteiger partial charge in [0.2, 0.25) is 5.91 Å². The Hall–Kier alpha value is -3.09. The van der Waals surface area contributed by atoms with Crippen LogP contribution in [0.3, 0.4) is 0 Å². The number of guanidine groups is 1. The molecule has 0 spiro atoms. The van der Waals surface area contributed by atoms with Crippen LogP contribution in [0.2, 0.25) is 0 Å². The summed E-state index contributed by atoms with van der Waals surface area (Å²) in [4.78, 5) is 18.7. The van der Waals surface area contributed by atoms with Crippen LogP contribution in [0.15, 0.2) is 53.5 Å². The van der Waals surface area contributed by atoms with E-state index in [9.17, 15) is 9.18 Å². The molecule has 3 rings (SSSR count). The summed E-state index contributed by atoms with van der Waals surface area (Å²) in [7, 11) is 1.69. The van der Waals surface area contributed by atoms with Crippen molar-refractivity contribution in [1.82, 2.24) is 15.5 Å². The van der Waals surface area contributed by atoms with Crippen molar-refractivity contribution in [3.8, 4) is 5.75 Å². The number of nitrogens with one attached hydrogen (secondary N) is 2. The summed E-state index contributed by atoms with van der Waals surface area (Å²) in [5, 5.41) is 6.10. The van der Waals surface area contributed by atoms with Gasteiger partial charge in [-0.2, -0.15) is 0 Å². The molecule has 0 aliphatic carbocycles. The summed E-state index contributed by atoms with van der Waals surface area (Å²) in [6.45, 7) is 5.59. The quantitative estimate of drug-likeness (QED) is 0.485. The number of rotatable bonds is 8. The molecule has 2 aromatic rings. The Labute approximate surface area is 189 Å². The van der Waals surface area contributed by atoms with Gasteiger partial charge in [0.15, 0.2) is 5.96 Å². The fourth-order valence-corrected chi connectivity index (χ4v) is 3.79. The normalized spacial score (nSPS) is 14.8. The summed E-state index contributed by atoms with van der Waals surface area (Å²) in [6.07, 6.45) is 2.59. The molecule has 1 heterocycles. The van der Waals surface area contributed by atoms with Gasteiger partial charge in [0, 0.05) is 33.1 Å². The standard InChI is InChI=1S/C25H33FN4O2/c1-3-28-25(30-13-11-19(12-14-30)16-24(31)27-2)29-17-20-7-9-23(10-8-20)32-18-21-5-4-6-22(26)15-21/h4-10,15,19H,3,11-14,16-18H2,1-2H3,(H,27,31)(H,28,29). The van der Waals surface area contributed by atoms with Crippen LogP contribution in [0.5, 0.6) is 5.75 Å². The number of amides is 1. The van der Waals surface area contributed by atoms with Crippen molar-refractivity contribution in [1.29, 1.82) is 0 Å². The van der Waals surface area contributed by atoms with E-state index in [-0.39, 0.29) is 11.7 Å². The lowest BCUT2D eigenvalue weighted by Gasteiger charge is -2.34. The van der Waals surface area contributed by atoms with Crippen molar-refractivity contribution in [2.75, 3.05) is 26.7 Å². The molecule has 2 N–H and O–H groups in total. The number of nitrogens with zero attached hydrogens (tertiary/aromatic N) is 2. The molecule has 0 bridgehead atoms. The van der Waals surface area contributed by atoms with Crippen molar-refractivity contribution >= 4 is 11.9 Å². The number of carbonyl (C=O) groups is 1. The van der Waals surface area contributed by atoms with Gasteiger partial charge in [-0.05, 0) is 61.1 Å². The van der Waals surface area contributed by atoms with E-state index in [0.29, 0.717) is 25.5 Å². The predicted octanol–water partition coefficient (Wildman–Crippen LogP) is 3.72. The maximum Gasteiger partial charge on any atom is 0.220 e. The molecule has 32 heavy (non-hydrogen) atoms. The topological polar surface area (TPSA) is 66.0 Å². The molecule has 6 nitrogen and oxygen atoms in total. The van der Waals surface area contributed by atoms with Crippen LogP contribution in [0.1, 0.15) is 37.3 Å². The van der Waals surface area contributed by atoms with Crippen molar-refractivity contribution in [2.24, 2.45) is 10.9 Å². The van der Waals surface area contributed by atoms with Crippen LogP contribution in [0.25, 0.3) is 0 Å². The van der Waals surface area contributed by atoms with Gasteiger partial charge in [0.05, 0.1) is 6.54 Å². The average molecular weight is 441 g/mol. The van der Waals surface area contributed by atoms with E-state index in [2.05, 4.69) is 22.5 Å². The van der Waals surface area contributed by atoms with Crippen LogP contribution < -0.4 is 15.4 Å². The zero-order chi connectivity index (χ0) is 22.8. The van der Waals surface area contributed by atoms with Gasteiger partial charge in [-0.15, -0.1) is 0 Å². The number of hydrogen-bond acceptors (Lipinski definition) is 3. The van der Waals surface area contributed by atoms with Gasteiger partial charge in [-0.1, -0.05) is 24.3 Å². The SMILES string of the molecule is CCNC(=NCc1ccc(OCc2cccc(F)c2)cc1)N1CCC(CC(=O)NC)CC1. The average Bonchev–Trinajstić information content (AvgIpc) is 2.81. The Kier molecular flexibility index (Phi) is 8.90. The number of piperidine rings is 1. The lowest BCUT2D eigenvalue weighted by atomic mass is 9.93. The second-order valence-corrected chi connectivity index (χ2v) is 8.04. The summed E-state index contributed by atoms with van der Waals surface area (Å²) >= 11 is 0. The molecule has 1 amide bonds. The molecule has 0 aromatic heterocycles.